The summed E-state index contributed by atoms with van der Waals surface area (Å²) in [6, 6.07) is 11.3. The van der Waals surface area contributed by atoms with Crippen molar-refractivity contribution in [1.82, 2.24) is 9.97 Å². The van der Waals surface area contributed by atoms with Gasteiger partial charge in [-0.3, -0.25) is 4.79 Å². The number of hydrogen-bond donors (Lipinski definition) is 1. The van der Waals surface area contributed by atoms with Crippen LogP contribution in [0.1, 0.15) is 10.6 Å². The molecule has 0 aliphatic rings. The smallest absolute Gasteiger partial charge is 0.185 e. The molecule has 1 aromatic carbocycles. The molecule has 0 spiro atoms. The molecule has 0 saturated heterocycles. The Balaban J connectivity index is 2.03. The topological polar surface area (TPSA) is 58.9 Å². The Morgan fingerprint density at radius 3 is 2.78 bits per heavy atom. The van der Waals surface area contributed by atoms with Gasteiger partial charge in [0.05, 0.1) is 18.2 Å². The predicted octanol–water partition coefficient (Wildman–Crippen LogP) is 3.15. The highest BCUT2D eigenvalue weighted by Gasteiger charge is 2.06. The summed E-state index contributed by atoms with van der Waals surface area (Å²) in [7, 11) is 0. The van der Waals surface area contributed by atoms with Gasteiger partial charge in [-0.2, -0.15) is 0 Å². The van der Waals surface area contributed by atoms with Crippen molar-refractivity contribution in [3.05, 3.63) is 54.7 Å². The molecule has 0 unspecified atom stereocenters. The normalized spacial score (nSPS) is 10.4. The molecule has 3 aromatic rings. The van der Waals surface area contributed by atoms with Crippen molar-refractivity contribution in [2.45, 2.75) is 0 Å². The number of aromatic amines is 1. The molecule has 0 bridgehead atoms. The van der Waals surface area contributed by atoms with Crippen molar-refractivity contribution >= 4 is 6.29 Å². The SMILES string of the molecule is O=Cc1ccc(-c2cccc(-c3cnc[nH]3)c2)o1. The van der Waals surface area contributed by atoms with Gasteiger partial charge in [-0.05, 0) is 18.2 Å². The summed E-state index contributed by atoms with van der Waals surface area (Å²) >= 11 is 0. The number of carbonyl (C=O) groups excluding carboxylic acids is 1. The Morgan fingerprint density at radius 1 is 1.17 bits per heavy atom. The van der Waals surface area contributed by atoms with Crippen LogP contribution < -0.4 is 0 Å². The predicted molar refractivity (Wildman–Crippen MR) is 67.1 cm³/mol. The monoisotopic (exact) mass is 238 g/mol. The lowest BCUT2D eigenvalue weighted by molar-refractivity contribution is 0.110. The Bertz CT molecular complexity index is 669. The number of benzene rings is 1. The van der Waals surface area contributed by atoms with Crippen molar-refractivity contribution in [3.63, 3.8) is 0 Å². The molecule has 0 radical (unpaired) electrons. The number of rotatable bonds is 3. The largest absolute Gasteiger partial charge is 0.453 e. The van der Waals surface area contributed by atoms with Crippen LogP contribution in [0.25, 0.3) is 22.6 Å². The van der Waals surface area contributed by atoms with Gasteiger partial charge >= 0.3 is 0 Å². The van der Waals surface area contributed by atoms with Crippen molar-refractivity contribution in [2.75, 3.05) is 0 Å². The van der Waals surface area contributed by atoms with Crippen molar-refractivity contribution in [3.8, 4) is 22.6 Å². The van der Waals surface area contributed by atoms with Crippen LogP contribution in [0.2, 0.25) is 0 Å². The number of aromatic nitrogens is 2. The average Bonchev–Trinajstić information content (AvgIpc) is 3.10. The van der Waals surface area contributed by atoms with Crippen LogP contribution in [0, 0.1) is 0 Å². The van der Waals surface area contributed by atoms with Gasteiger partial charge in [-0.1, -0.05) is 18.2 Å². The molecule has 4 heteroatoms. The maximum atomic E-state index is 10.6. The van der Waals surface area contributed by atoms with Crippen LogP contribution in [0.15, 0.2) is 53.3 Å². The molecule has 88 valence electrons. The third-order valence-electron chi connectivity index (χ3n) is 2.70. The zero-order valence-electron chi connectivity index (χ0n) is 9.46. The average molecular weight is 238 g/mol. The van der Waals surface area contributed by atoms with E-state index in [1.165, 1.54) is 0 Å². The van der Waals surface area contributed by atoms with Crippen molar-refractivity contribution < 1.29 is 9.21 Å². The lowest BCUT2D eigenvalue weighted by Gasteiger charge is -2.01. The summed E-state index contributed by atoms with van der Waals surface area (Å²) in [6.45, 7) is 0. The zero-order chi connectivity index (χ0) is 12.4. The van der Waals surface area contributed by atoms with E-state index < -0.39 is 0 Å². The quantitative estimate of drug-likeness (QED) is 0.713. The third-order valence-corrected chi connectivity index (χ3v) is 2.70. The van der Waals surface area contributed by atoms with E-state index in [0.717, 1.165) is 16.8 Å². The standard InChI is InChI=1S/C14H10N2O2/c17-8-12-4-5-14(18-12)11-3-1-2-10(6-11)13-7-15-9-16-13/h1-9H,(H,15,16). The first-order valence-corrected chi connectivity index (χ1v) is 5.51. The number of nitrogens with zero attached hydrogens (tertiary/aromatic N) is 1. The lowest BCUT2D eigenvalue weighted by atomic mass is 10.1. The van der Waals surface area contributed by atoms with Gasteiger partial charge in [-0.15, -0.1) is 0 Å². The summed E-state index contributed by atoms with van der Waals surface area (Å²) in [5.41, 5.74) is 2.89. The lowest BCUT2D eigenvalue weighted by Crippen LogP contribution is -1.79. The molecule has 2 aromatic heterocycles. The number of nitrogens with one attached hydrogen (secondary N) is 1. The van der Waals surface area contributed by atoms with E-state index in [9.17, 15) is 4.79 Å². The Hall–Kier alpha value is -2.62. The fraction of sp³-hybridized carbons (Fsp3) is 0. The second-order valence-electron chi connectivity index (χ2n) is 3.87. The number of H-pyrrole nitrogens is 1. The van der Waals surface area contributed by atoms with E-state index in [0.29, 0.717) is 17.8 Å². The molecule has 0 atom stereocenters. The minimum atomic E-state index is 0.331. The summed E-state index contributed by atoms with van der Waals surface area (Å²) < 4.78 is 5.40. The van der Waals surface area contributed by atoms with Crippen LogP contribution in [0.5, 0.6) is 0 Å². The second kappa shape index (κ2) is 4.33. The highest BCUT2D eigenvalue weighted by Crippen LogP contribution is 2.26. The van der Waals surface area contributed by atoms with Gasteiger partial charge in [-0.25, -0.2) is 4.98 Å². The highest BCUT2D eigenvalue weighted by molar-refractivity contribution is 5.74. The maximum absolute atomic E-state index is 10.6. The van der Waals surface area contributed by atoms with Crippen molar-refractivity contribution in [1.29, 1.82) is 0 Å². The molecular weight excluding hydrogens is 228 g/mol. The molecule has 18 heavy (non-hydrogen) atoms. The Labute approximate surface area is 103 Å². The van der Waals surface area contributed by atoms with E-state index in [4.69, 9.17) is 4.42 Å². The third kappa shape index (κ3) is 1.84. The first-order chi connectivity index (χ1) is 8.86. The molecule has 2 heterocycles. The molecule has 0 saturated carbocycles. The van der Waals surface area contributed by atoms with E-state index in [1.54, 1.807) is 24.7 Å². The molecule has 0 fully saturated rings. The second-order valence-corrected chi connectivity index (χ2v) is 3.87. The first-order valence-electron chi connectivity index (χ1n) is 5.51. The van der Waals surface area contributed by atoms with Gasteiger partial charge in [0, 0.05) is 11.1 Å². The molecule has 0 aliphatic heterocycles. The number of hydrogen-bond acceptors (Lipinski definition) is 3. The maximum Gasteiger partial charge on any atom is 0.185 e. The van der Waals surface area contributed by atoms with Crippen LogP contribution >= 0.6 is 0 Å². The van der Waals surface area contributed by atoms with E-state index in [-0.39, 0.29) is 0 Å². The van der Waals surface area contributed by atoms with Gasteiger partial charge in [0.2, 0.25) is 0 Å². The van der Waals surface area contributed by atoms with Crippen LogP contribution in [-0.4, -0.2) is 16.3 Å². The highest BCUT2D eigenvalue weighted by atomic mass is 16.3. The van der Waals surface area contributed by atoms with E-state index >= 15 is 0 Å². The fourth-order valence-corrected chi connectivity index (χ4v) is 1.83. The van der Waals surface area contributed by atoms with Crippen LogP contribution in [0.3, 0.4) is 0 Å². The van der Waals surface area contributed by atoms with Gasteiger partial charge in [0.25, 0.3) is 0 Å². The van der Waals surface area contributed by atoms with E-state index in [2.05, 4.69) is 9.97 Å². The fourth-order valence-electron chi connectivity index (χ4n) is 1.83. The van der Waals surface area contributed by atoms with Crippen molar-refractivity contribution in [2.24, 2.45) is 0 Å². The summed E-state index contributed by atoms with van der Waals surface area (Å²) in [4.78, 5) is 17.6. The number of furan rings is 1. The van der Waals surface area contributed by atoms with Gasteiger partial charge in [0.1, 0.15) is 5.76 Å². The number of imidazole rings is 1. The minimum Gasteiger partial charge on any atom is -0.453 e. The van der Waals surface area contributed by atoms with Gasteiger partial charge in [0.15, 0.2) is 12.0 Å². The molecule has 0 aliphatic carbocycles. The minimum absolute atomic E-state index is 0.331. The van der Waals surface area contributed by atoms with E-state index in [1.807, 2.05) is 24.3 Å². The molecule has 0 amide bonds. The summed E-state index contributed by atoms with van der Waals surface area (Å²) in [5, 5.41) is 0. The summed E-state index contributed by atoms with van der Waals surface area (Å²) in [6.07, 6.45) is 4.10. The first kappa shape index (κ1) is 10.5. The number of aldehydes is 1. The Morgan fingerprint density at radius 2 is 2.06 bits per heavy atom. The zero-order valence-corrected chi connectivity index (χ0v) is 9.46. The molecule has 4 nitrogen and oxygen atoms in total. The number of carbonyl (C=O) groups is 1. The Kier molecular flexibility index (Phi) is 2.53. The van der Waals surface area contributed by atoms with Crippen LogP contribution in [-0.2, 0) is 0 Å². The molecule has 3 rings (SSSR count). The van der Waals surface area contributed by atoms with Crippen LogP contribution in [0.4, 0.5) is 0 Å². The van der Waals surface area contributed by atoms with Gasteiger partial charge < -0.3 is 9.40 Å². The molecular formula is C14H10N2O2. The summed E-state index contributed by atoms with van der Waals surface area (Å²) in [5.74, 6) is 1.01. The molecule has 1 N–H and O–H groups in total.